The third-order valence-electron chi connectivity index (χ3n) is 4.67. The van der Waals surface area contributed by atoms with Gasteiger partial charge in [0.05, 0.1) is 19.0 Å². The van der Waals surface area contributed by atoms with E-state index in [0.29, 0.717) is 6.04 Å². The molecule has 2 atom stereocenters. The van der Waals surface area contributed by atoms with Gasteiger partial charge in [-0.1, -0.05) is 0 Å². The molecule has 4 nitrogen and oxygen atoms in total. The summed E-state index contributed by atoms with van der Waals surface area (Å²) in [6.07, 6.45) is 7.14. The van der Waals surface area contributed by atoms with Crippen LogP contribution in [0.25, 0.3) is 0 Å². The highest BCUT2D eigenvalue weighted by molar-refractivity contribution is 5.58. The zero-order chi connectivity index (χ0) is 13.9. The van der Waals surface area contributed by atoms with E-state index in [9.17, 15) is 0 Å². The van der Waals surface area contributed by atoms with Gasteiger partial charge in [-0.15, -0.1) is 0 Å². The van der Waals surface area contributed by atoms with E-state index in [-0.39, 0.29) is 0 Å². The SMILES string of the molecule is COc1cnc(C)cc1N1CCCC(C2CCCN2)C1. The summed E-state index contributed by atoms with van der Waals surface area (Å²) in [7, 11) is 1.73. The van der Waals surface area contributed by atoms with Crippen molar-refractivity contribution in [2.75, 3.05) is 31.6 Å². The molecule has 0 amide bonds. The third kappa shape index (κ3) is 2.75. The average Bonchev–Trinajstić information content (AvgIpc) is 3.01. The Morgan fingerprint density at radius 2 is 2.25 bits per heavy atom. The molecule has 1 aromatic heterocycles. The van der Waals surface area contributed by atoms with Crippen molar-refractivity contribution in [3.05, 3.63) is 18.0 Å². The van der Waals surface area contributed by atoms with Crippen LogP contribution in [0.1, 0.15) is 31.4 Å². The molecule has 0 aromatic carbocycles. The van der Waals surface area contributed by atoms with E-state index in [2.05, 4.69) is 21.3 Å². The second kappa shape index (κ2) is 6.00. The van der Waals surface area contributed by atoms with E-state index in [1.54, 1.807) is 7.11 Å². The van der Waals surface area contributed by atoms with Crippen molar-refractivity contribution in [1.82, 2.24) is 10.3 Å². The van der Waals surface area contributed by atoms with Crippen LogP contribution >= 0.6 is 0 Å². The molecule has 2 fully saturated rings. The van der Waals surface area contributed by atoms with E-state index in [1.165, 1.54) is 37.9 Å². The lowest BCUT2D eigenvalue weighted by atomic mass is 9.89. The summed E-state index contributed by atoms with van der Waals surface area (Å²) in [4.78, 5) is 6.83. The fraction of sp³-hybridized carbons (Fsp3) is 0.688. The number of rotatable bonds is 3. The maximum absolute atomic E-state index is 5.49. The number of nitrogens with one attached hydrogen (secondary N) is 1. The average molecular weight is 275 g/mol. The van der Waals surface area contributed by atoms with Crippen LogP contribution in [-0.4, -0.2) is 37.8 Å². The van der Waals surface area contributed by atoms with Crippen molar-refractivity contribution in [2.24, 2.45) is 5.92 Å². The molecular formula is C16H25N3O. The number of hydrogen-bond donors (Lipinski definition) is 1. The van der Waals surface area contributed by atoms with Crippen molar-refractivity contribution in [1.29, 1.82) is 0 Å². The van der Waals surface area contributed by atoms with Crippen LogP contribution in [0.5, 0.6) is 5.75 Å². The molecule has 20 heavy (non-hydrogen) atoms. The Morgan fingerprint density at radius 1 is 1.35 bits per heavy atom. The monoisotopic (exact) mass is 275 g/mol. The minimum Gasteiger partial charge on any atom is -0.493 e. The fourth-order valence-electron chi connectivity index (χ4n) is 3.61. The first-order chi connectivity index (χ1) is 9.78. The molecule has 0 spiro atoms. The quantitative estimate of drug-likeness (QED) is 0.919. The zero-order valence-electron chi connectivity index (χ0n) is 12.6. The summed E-state index contributed by atoms with van der Waals surface area (Å²) < 4.78 is 5.49. The first-order valence-electron chi connectivity index (χ1n) is 7.77. The normalized spacial score (nSPS) is 26.8. The molecule has 0 saturated carbocycles. The van der Waals surface area contributed by atoms with Crippen molar-refractivity contribution in [3.8, 4) is 5.75 Å². The molecule has 2 saturated heterocycles. The van der Waals surface area contributed by atoms with Crippen LogP contribution in [0.2, 0.25) is 0 Å². The van der Waals surface area contributed by atoms with E-state index in [0.717, 1.165) is 30.5 Å². The topological polar surface area (TPSA) is 37.4 Å². The summed E-state index contributed by atoms with van der Waals surface area (Å²) >= 11 is 0. The third-order valence-corrected chi connectivity index (χ3v) is 4.67. The van der Waals surface area contributed by atoms with Crippen molar-refractivity contribution in [2.45, 2.75) is 38.6 Å². The van der Waals surface area contributed by atoms with Crippen LogP contribution in [0.4, 0.5) is 5.69 Å². The molecule has 1 N–H and O–H groups in total. The van der Waals surface area contributed by atoms with E-state index in [4.69, 9.17) is 4.74 Å². The van der Waals surface area contributed by atoms with E-state index >= 15 is 0 Å². The highest BCUT2D eigenvalue weighted by Crippen LogP contribution is 2.33. The van der Waals surface area contributed by atoms with Crippen LogP contribution < -0.4 is 15.0 Å². The predicted octanol–water partition coefficient (Wildman–Crippen LogP) is 2.37. The molecule has 2 unspecified atom stereocenters. The number of aromatic nitrogens is 1. The van der Waals surface area contributed by atoms with Gasteiger partial charge in [-0.2, -0.15) is 0 Å². The van der Waals surface area contributed by atoms with Crippen LogP contribution in [0.15, 0.2) is 12.3 Å². The molecule has 2 aliphatic heterocycles. The number of pyridine rings is 1. The Kier molecular flexibility index (Phi) is 4.10. The van der Waals surface area contributed by atoms with Crippen molar-refractivity contribution >= 4 is 5.69 Å². The summed E-state index contributed by atoms with van der Waals surface area (Å²) in [5.41, 5.74) is 2.27. The number of piperidine rings is 1. The van der Waals surface area contributed by atoms with Gasteiger partial charge < -0.3 is 15.0 Å². The number of aryl methyl sites for hydroxylation is 1. The smallest absolute Gasteiger partial charge is 0.160 e. The molecule has 3 rings (SSSR count). The first-order valence-corrected chi connectivity index (χ1v) is 7.77. The van der Waals surface area contributed by atoms with Gasteiger partial charge in [0.25, 0.3) is 0 Å². The molecule has 0 radical (unpaired) electrons. The van der Waals surface area contributed by atoms with Gasteiger partial charge in [-0.3, -0.25) is 4.98 Å². The Morgan fingerprint density at radius 3 is 3.00 bits per heavy atom. The molecule has 0 aliphatic carbocycles. The van der Waals surface area contributed by atoms with Crippen molar-refractivity contribution < 1.29 is 4.74 Å². The largest absolute Gasteiger partial charge is 0.493 e. The number of ether oxygens (including phenoxy) is 1. The molecule has 110 valence electrons. The number of anilines is 1. The fourth-order valence-corrected chi connectivity index (χ4v) is 3.61. The van der Waals surface area contributed by atoms with Gasteiger partial charge >= 0.3 is 0 Å². The maximum atomic E-state index is 5.49. The molecule has 4 heteroatoms. The molecule has 3 heterocycles. The summed E-state index contributed by atoms with van der Waals surface area (Å²) in [5, 5.41) is 3.67. The van der Waals surface area contributed by atoms with E-state index < -0.39 is 0 Å². The Balaban J connectivity index is 1.77. The number of methoxy groups -OCH3 is 1. The standard InChI is InChI=1S/C16H25N3O/c1-12-9-15(16(20-2)10-18-12)19-8-4-5-13(11-19)14-6-3-7-17-14/h9-10,13-14,17H,3-8,11H2,1-2H3. The second-order valence-corrected chi connectivity index (χ2v) is 6.05. The summed E-state index contributed by atoms with van der Waals surface area (Å²) in [5.74, 6) is 1.67. The lowest BCUT2D eigenvalue weighted by Gasteiger charge is -2.37. The lowest BCUT2D eigenvalue weighted by Crippen LogP contribution is -2.43. The Hall–Kier alpha value is -1.29. The van der Waals surface area contributed by atoms with Gasteiger partial charge in [0.15, 0.2) is 5.75 Å². The maximum Gasteiger partial charge on any atom is 0.160 e. The molecule has 0 bridgehead atoms. The Labute approximate surface area is 121 Å². The van der Waals surface area contributed by atoms with Gasteiger partial charge in [0.1, 0.15) is 0 Å². The Bertz CT molecular complexity index is 457. The summed E-state index contributed by atoms with van der Waals surface area (Å²) in [6, 6.07) is 2.87. The van der Waals surface area contributed by atoms with Gasteiger partial charge in [-0.05, 0) is 51.1 Å². The van der Waals surface area contributed by atoms with Crippen LogP contribution in [0.3, 0.4) is 0 Å². The molecule has 1 aromatic rings. The number of hydrogen-bond acceptors (Lipinski definition) is 4. The van der Waals surface area contributed by atoms with Crippen LogP contribution in [-0.2, 0) is 0 Å². The van der Waals surface area contributed by atoms with Gasteiger partial charge in [-0.25, -0.2) is 0 Å². The lowest BCUT2D eigenvalue weighted by molar-refractivity contribution is 0.326. The minimum atomic E-state index is 0.715. The molecular weight excluding hydrogens is 250 g/mol. The highest BCUT2D eigenvalue weighted by atomic mass is 16.5. The van der Waals surface area contributed by atoms with Crippen LogP contribution in [0, 0.1) is 12.8 Å². The predicted molar refractivity (Wildman–Crippen MR) is 81.5 cm³/mol. The van der Waals surface area contributed by atoms with Gasteiger partial charge in [0, 0.05) is 24.8 Å². The number of nitrogens with zero attached hydrogens (tertiary/aromatic N) is 2. The second-order valence-electron chi connectivity index (χ2n) is 6.05. The zero-order valence-corrected chi connectivity index (χ0v) is 12.6. The first kappa shape index (κ1) is 13.7. The van der Waals surface area contributed by atoms with Gasteiger partial charge in [0.2, 0.25) is 0 Å². The van der Waals surface area contributed by atoms with Crippen molar-refractivity contribution in [3.63, 3.8) is 0 Å². The summed E-state index contributed by atoms with van der Waals surface area (Å²) in [6.45, 7) is 5.50. The highest BCUT2D eigenvalue weighted by Gasteiger charge is 2.30. The minimum absolute atomic E-state index is 0.715. The van der Waals surface area contributed by atoms with E-state index in [1.807, 2.05) is 13.1 Å². The molecule has 2 aliphatic rings.